The van der Waals surface area contributed by atoms with E-state index in [1.54, 1.807) is 13.8 Å². The summed E-state index contributed by atoms with van der Waals surface area (Å²) in [5, 5.41) is 28.4. The van der Waals surface area contributed by atoms with Crippen LogP contribution in [0.15, 0.2) is 249 Å². The van der Waals surface area contributed by atoms with Crippen LogP contribution in [-0.2, 0) is 24.7 Å². The summed E-state index contributed by atoms with van der Waals surface area (Å²) in [4.78, 5) is 23.4. The zero-order valence-electron chi connectivity index (χ0n) is 41.4. The van der Waals surface area contributed by atoms with Gasteiger partial charge in [-0.25, -0.2) is 0 Å². The summed E-state index contributed by atoms with van der Waals surface area (Å²) in [6, 6.07) is 81.6. The zero-order valence-corrected chi connectivity index (χ0v) is 43.2. The smallest absolute Gasteiger partial charge is 0.416 e. The molecule has 0 aliphatic carbocycles. The maximum atomic E-state index is 12.3. The van der Waals surface area contributed by atoms with Crippen LogP contribution in [0.25, 0.3) is 0 Å². The highest BCUT2D eigenvalue weighted by atomic mass is 31.2. The number of Topliss-reactive ketones (excluding diaryl/α,β-unsaturated/α-hetero) is 2. The maximum Gasteiger partial charge on any atom is 0.416 e. The second-order valence-corrected chi connectivity index (χ2v) is 24.6. The van der Waals surface area contributed by atoms with E-state index in [-0.39, 0.29) is 29.8 Å². The van der Waals surface area contributed by atoms with Crippen molar-refractivity contribution in [2.24, 2.45) is 0 Å². The summed E-state index contributed by atoms with van der Waals surface area (Å²) in [5.74, 6) is -0.870. The van der Waals surface area contributed by atoms with Gasteiger partial charge in [0.2, 0.25) is 0 Å². The molecule has 0 aromatic heterocycles. The lowest BCUT2D eigenvalue weighted by Gasteiger charge is -2.28. The van der Waals surface area contributed by atoms with Crippen LogP contribution >= 0.6 is 14.5 Å². The summed E-state index contributed by atoms with van der Waals surface area (Å²) < 4.78 is 77.5. The van der Waals surface area contributed by atoms with Gasteiger partial charge in [0, 0.05) is 11.1 Å². The van der Waals surface area contributed by atoms with Gasteiger partial charge in [-0.3, -0.25) is 9.59 Å². The molecular weight excluding hydrogens is 1010 g/mol. The standard InChI is InChI=1S/2C27H24OP.C8H3BF6O3/c2*1-22(28)24-19-17-23(18-20-24)21-29(25-11-5-2-6-12-25,26-13-7-3-8-14-26)27-15-9-4-10-16-27;10-7(11,12)4-1-5(8(13,14)15)3-6(2-4)18-9(16)17/h2*2-20H,21H2,1H3;1-3H/q2*+1;-2. The topological polar surface area (TPSA) is 89.5 Å². The Morgan fingerprint density at radius 1 is 0.395 bits per heavy atom. The Hall–Kier alpha value is -7.46. The molecule has 0 atom stereocenters. The van der Waals surface area contributed by atoms with Gasteiger partial charge in [0.05, 0.1) is 29.2 Å². The van der Waals surface area contributed by atoms with E-state index in [9.17, 15) is 46.0 Å². The summed E-state index contributed by atoms with van der Waals surface area (Å²) in [6.07, 6.45) is -8.27. The second kappa shape index (κ2) is 25.4. The van der Waals surface area contributed by atoms with Crippen LogP contribution in [-0.4, -0.2) is 18.9 Å². The molecule has 0 amide bonds. The third kappa shape index (κ3) is 14.1. The lowest BCUT2D eigenvalue weighted by molar-refractivity contribution is -0.372. The minimum absolute atomic E-state index is 0.104. The normalized spacial score (nSPS) is 11.5. The highest BCUT2D eigenvalue weighted by Gasteiger charge is 2.47. The Labute approximate surface area is 440 Å². The van der Waals surface area contributed by atoms with Crippen LogP contribution in [0.4, 0.5) is 26.3 Å². The summed E-state index contributed by atoms with van der Waals surface area (Å²) in [6.45, 7) is 3.23. The Kier molecular flexibility index (Phi) is 18.8. The SMILES string of the molecule is CC(=O)c1ccc(C[P+](c2ccccc2)(c2ccccc2)c2ccccc2)cc1.CC(=O)c1ccc(C[P+](c2ccccc2)(c2ccccc2)c2ccccc2)cc1.[O-]B([O-])Oc1cc(C(F)(F)F)cc(C(F)(F)F)c1. The minimum atomic E-state index is -5.05. The van der Waals surface area contributed by atoms with Gasteiger partial charge in [0.1, 0.15) is 53.7 Å². The Balaban J connectivity index is 0.000000171. The van der Waals surface area contributed by atoms with Crippen molar-refractivity contribution in [2.45, 2.75) is 38.5 Å². The van der Waals surface area contributed by atoms with Gasteiger partial charge in [0.25, 0.3) is 0 Å². The number of halogens is 6. The first kappa shape index (κ1) is 56.3. The van der Waals surface area contributed by atoms with Crippen LogP contribution < -0.4 is 46.5 Å². The van der Waals surface area contributed by atoms with Gasteiger partial charge in [-0.05, 0) is 116 Å². The molecule has 0 aliphatic rings. The zero-order chi connectivity index (χ0) is 54.4. The monoisotopic (exact) mass is 1060 g/mol. The van der Waals surface area contributed by atoms with E-state index in [4.69, 9.17) is 0 Å². The van der Waals surface area contributed by atoms with E-state index >= 15 is 0 Å². The Morgan fingerprint density at radius 2 is 0.632 bits per heavy atom. The first-order chi connectivity index (χ1) is 36.4. The molecule has 9 rings (SSSR count). The van der Waals surface area contributed by atoms with Crippen molar-refractivity contribution >= 4 is 65.2 Å². The molecule has 9 aromatic rings. The van der Waals surface area contributed by atoms with Crippen molar-refractivity contribution in [3.05, 3.63) is 282 Å². The molecule has 0 spiro atoms. The number of benzene rings is 9. The summed E-state index contributed by atoms with van der Waals surface area (Å²) in [7, 11) is -6.82. The molecule has 0 saturated carbocycles. The van der Waals surface area contributed by atoms with Gasteiger partial charge >= 0.3 is 12.4 Å². The third-order valence-electron chi connectivity index (χ3n) is 12.5. The molecule has 9 aromatic carbocycles. The van der Waals surface area contributed by atoms with E-state index in [1.807, 2.05) is 24.3 Å². The quantitative estimate of drug-likeness (QED) is 0.0468. The molecule has 5 nitrogen and oxygen atoms in total. The molecule has 0 aliphatic heterocycles. The van der Waals surface area contributed by atoms with Crippen molar-refractivity contribution < 1.29 is 50.6 Å². The number of hydrogen-bond donors (Lipinski definition) is 0. The average molecular weight is 1060 g/mol. The predicted molar refractivity (Wildman–Crippen MR) is 293 cm³/mol. The van der Waals surface area contributed by atoms with E-state index in [2.05, 4.69) is 211 Å². The maximum absolute atomic E-state index is 12.3. The Morgan fingerprint density at radius 3 is 0.829 bits per heavy atom. The van der Waals surface area contributed by atoms with Crippen molar-refractivity contribution in [3.63, 3.8) is 0 Å². The molecule has 0 saturated heterocycles. The number of rotatable bonds is 14. The average Bonchev–Trinajstić information content (AvgIpc) is 3.44. The predicted octanol–water partition coefficient (Wildman–Crippen LogP) is 11.6. The number of ketones is 2. The number of alkyl halides is 6. The van der Waals surface area contributed by atoms with E-state index in [1.165, 1.54) is 43.0 Å². The molecule has 0 bridgehead atoms. The van der Waals surface area contributed by atoms with Gasteiger partial charge in [-0.1, -0.05) is 158 Å². The lowest BCUT2D eigenvalue weighted by atomic mass is 10.1. The summed E-state index contributed by atoms with van der Waals surface area (Å²) >= 11 is 0. The lowest BCUT2D eigenvalue weighted by Crippen LogP contribution is -2.50. The minimum Gasteiger partial charge on any atom is -0.860 e. The van der Waals surface area contributed by atoms with Crippen molar-refractivity contribution in [3.8, 4) is 5.75 Å². The van der Waals surface area contributed by atoms with E-state index in [0.29, 0.717) is 0 Å². The molecule has 0 fully saturated rings. The molecule has 14 heteroatoms. The van der Waals surface area contributed by atoms with Crippen LogP contribution in [0.1, 0.15) is 56.8 Å². The number of hydrogen-bond acceptors (Lipinski definition) is 5. The fourth-order valence-corrected chi connectivity index (χ4v) is 17.4. The molecule has 0 radical (unpaired) electrons. The van der Waals surface area contributed by atoms with Gasteiger partial charge in [-0.2, -0.15) is 26.3 Å². The molecule has 76 heavy (non-hydrogen) atoms. The Bertz CT molecular complexity index is 2850. The van der Waals surface area contributed by atoms with Crippen LogP contribution in [0.2, 0.25) is 0 Å². The van der Waals surface area contributed by atoms with Gasteiger partial charge in [-0.15, -0.1) is 0 Å². The molecular formula is C62H51BF6O5P2. The fourth-order valence-electron chi connectivity index (χ4n) is 8.88. The molecule has 0 heterocycles. The van der Waals surface area contributed by atoms with Crippen LogP contribution in [0.5, 0.6) is 5.75 Å². The highest BCUT2D eigenvalue weighted by molar-refractivity contribution is 7.95. The van der Waals surface area contributed by atoms with Gasteiger partial charge < -0.3 is 14.7 Å². The molecule has 0 N–H and O–H groups in total. The molecule has 384 valence electrons. The highest BCUT2D eigenvalue weighted by Crippen LogP contribution is 2.59. The molecule has 0 unspecified atom stereocenters. The number of carbonyl (C=O) groups is 2. The fraction of sp³-hybridized carbons (Fsp3) is 0.0968. The second-order valence-electron chi connectivity index (χ2n) is 17.6. The van der Waals surface area contributed by atoms with Crippen LogP contribution in [0.3, 0.4) is 0 Å². The van der Waals surface area contributed by atoms with Crippen LogP contribution in [0, 0.1) is 0 Å². The first-order valence-electron chi connectivity index (χ1n) is 24.0. The van der Waals surface area contributed by atoms with Crippen molar-refractivity contribution in [1.82, 2.24) is 0 Å². The van der Waals surface area contributed by atoms with Gasteiger partial charge in [0.15, 0.2) is 11.6 Å². The third-order valence-corrected chi connectivity index (χ3v) is 21.3. The first-order valence-corrected chi connectivity index (χ1v) is 27.9. The van der Waals surface area contributed by atoms with E-state index < -0.39 is 51.1 Å². The largest absolute Gasteiger partial charge is 0.860 e. The summed E-state index contributed by atoms with van der Waals surface area (Å²) in [5.41, 5.74) is 0.703. The van der Waals surface area contributed by atoms with Crippen molar-refractivity contribution in [2.75, 3.05) is 0 Å². The van der Waals surface area contributed by atoms with Crippen molar-refractivity contribution in [1.29, 1.82) is 0 Å². The van der Waals surface area contributed by atoms with E-state index in [0.717, 1.165) is 23.5 Å². The number of carbonyl (C=O) groups excluding carboxylic acids is 2.